The van der Waals surface area contributed by atoms with Crippen LogP contribution < -0.4 is 5.32 Å². The summed E-state index contributed by atoms with van der Waals surface area (Å²) in [5.41, 5.74) is 0.758. The molecule has 0 bridgehead atoms. The Morgan fingerprint density at radius 3 is 2.65 bits per heavy atom. The minimum absolute atomic E-state index is 0.0578. The maximum Gasteiger partial charge on any atom is 0.194 e. The maximum atomic E-state index is 13.9. The third-order valence-electron chi connectivity index (χ3n) is 3.10. The summed E-state index contributed by atoms with van der Waals surface area (Å²) in [4.78, 5) is 0. The summed E-state index contributed by atoms with van der Waals surface area (Å²) in [6, 6.07) is 1.59. The fourth-order valence-corrected chi connectivity index (χ4v) is 2.15. The molecule has 0 saturated carbocycles. The molecule has 0 aliphatic carbocycles. The average molecular weight is 283 g/mol. The molecule has 108 valence electrons. The van der Waals surface area contributed by atoms with Gasteiger partial charge in [-0.3, -0.25) is 4.68 Å². The second-order valence-electron chi connectivity index (χ2n) is 4.52. The van der Waals surface area contributed by atoms with Crippen molar-refractivity contribution in [3.8, 4) is 0 Å². The summed E-state index contributed by atoms with van der Waals surface area (Å²) in [6.45, 7) is 2.77. The highest BCUT2D eigenvalue weighted by Crippen LogP contribution is 2.26. The van der Waals surface area contributed by atoms with Crippen LogP contribution in [0, 0.1) is 17.5 Å². The van der Waals surface area contributed by atoms with E-state index in [4.69, 9.17) is 0 Å². The molecule has 2 rings (SSSR count). The van der Waals surface area contributed by atoms with Crippen LogP contribution in [0.2, 0.25) is 0 Å². The van der Waals surface area contributed by atoms with Crippen LogP contribution in [0.15, 0.2) is 24.5 Å². The molecule has 0 fully saturated rings. The second-order valence-corrected chi connectivity index (χ2v) is 4.52. The predicted octanol–water partition coefficient (Wildman–Crippen LogP) is 3.02. The molecule has 1 aromatic carbocycles. The summed E-state index contributed by atoms with van der Waals surface area (Å²) >= 11 is 0. The first-order chi connectivity index (χ1) is 9.58. The van der Waals surface area contributed by atoms with E-state index in [0.29, 0.717) is 5.56 Å². The molecule has 2 aromatic rings. The molecular formula is C14H16F3N3. The molecular weight excluding hydrogens is 267 g/mol. The number of nitrogens with one attached hydrogen (secondary N) is 1. The number of halogens is 3. The Labute approximate surface area is 115 Å². The monoisotopic (exact) mass is 283 g/mol. The Morgan fingerprint density at radius 1 is 1.25 bits per heavy atom. The zero-order valence-electron chi connectivity index (χ0n) is 11.3. The van der Waals surface area contributed by atoms with E-state index in [9.17, 15) is 13.2 Å². The Kier molecular flexibility index (Phi) is 4.44. The Bertz CT molecular complexity index is 595. The van der Waals surface area contributed by atoms with E-state index >= 15 is 0 Å². The van der Waals surface area contributed by atoms with Crippen molar-refractivity contribution in [2.24, 2.45) is 0 Å². The summed E-state index contributed by atoms with van der Waals surface area (Å²) < 4.78 is 41.9. The smallest absolute Gasteiger partial charge is 0.194 e. The van der Waals surface area contributed by atoms with Crippen LogP contribution in [0.3, 0.4) is 0 Å². The SMILES string of the molecule is CCCn1cc(C(NC)c2ccc(F)c(F)c2F)cn1. The number of hydrogen-bond acceptors (Lipinski definition) is 2. The molecule has 0 spiro atoms. The third-order valence-corrected chi connectivity index (χ3v) is 3.10. The first-order valence-electron chi connectivity index (χ1n) is 6.41. The number of benzene rings is 1. The highest BCUT2D eigenvalue weighted by atomic mass is 19.2. The zero-order chi connectivity index (χ0) is 14.7. The minimum Gasteiger partial charge on any atom is -0.309 e. The van der Waals surface area contributed by atoms with E-state index in [2.05, 4.69) is 10.4 Å². The van der Waals surface area contributed by atoms with Crippen molar-refractivity contribution < 1.29 is 13.2 Å². The Morgan fingerprint density at radius 2 is 2.00 bits per heavy atom. The standard InChI is InChI=1S/C14H16F3N3/c1-3-6-20-8-9(7-19-20)14(18-2)10-4-5-11(15)13(17)12(10)16/h4-5,7-8,14,18H,3,6H2,1-2H3. The van der Waals surface area contributed by atoms with Crippen LogP contribution in [-0.4, -0.2) is 16.8 Å². The van der Waals surface area contributed by atoms with Gasteiger partial charge in [0.15, 0.2) is 17.5 Å². The number of nitrogens with zero attached hydrogens (tertiary/aromatic N) is 2. The first-order valence-corrected chi connectivity index (χ1v) is 6.41. The van der Waals surface area contributed by atoms with Crippen LogP contribution in [0.5, 0.6) is 0 Å². The van der Waals surface area contributed by atoms with Crippen LogP contribution in [0.4, 0.5) is 13.2 Å². The van der Waals surface area contributed by atoms with E-state index in [1.807, 2.05) is 6.92 Å². The number of aromatic nitrogens is 2. The molecule has 0 radical (unpaired) electrons. The van der Waals surface area contributed by atoms with Gasteiger partial charge in [0.05, 0.1) is 12.2 Å². The quantitative estimate of drug-likeness (QED) is 0.855. The molecule has 1 unspecified atom stereocenters. The van der Waals surface area contributed by atoms with E-state index in [1.165, 1.54) is 6.07 Å². The molecule has 0 aliphatic rings. The third kappa shape index (κ3) is 2.70. The lowest BCUT2D eigenvalue weighted by molar-refractivity contribution is 0.435. The van der Waals surface area contributed by atoms with Crippen molar-refractivity contribution in [1.82, 2.24) is 15.1 Å². The lowest BCUT2D eigenvalue weighted by Crippen LogP contribution is -2.19. The van der Waals surface area contributed by atoms with Gasteiger partial charge in [0, 0.05) is 23.9 Å². The van der Waals surface area contributed by atoms with Gasteiger partial charge >= 0.3 is 0 Å². The minimum atomic E-state index is -1.45. The molecule has 0 amide bonds. The van der Waals surface area contributed by atoms with E-state index in [1.54, 1.807) is 24.1 Å². The largest absolute Gasteiger partial charge is 0.309 e. The molecule has 0 saturated heterocycles. The fourth-order valence-electron chi connectivity index (χ4n) is 2.15. The van der Waals surface area contributed by atoms with Gasteiger partial charge in [-0.1, -0.05) is 13.0 Å². The summed E-state index contributed by atoms with van der Waals surface area (Å²) in [5, 5.41) is 7.05. The van der Waals surface area contributed by atoms with Gasteiger partial charge in [0.1, 0.15) is 0 Å². The molecule has 1 heterocycles. The molecule has 6 heteroatoms. The van der Waals surface area contributed by atoms with Crippen molar-refractivity contribution in [2.45, 2.75) is 25.9 Å². The van der Waals surface area contributed by atoms with Gasteiger partial charge in [-0.25, -0.2) is 13.2 Å². The van der Waals surface area contributed by atoms with Gasteiger partial charge in [-0.2, -0.15) is 5.10 Å². The van der Waals surface area contributed by atoms with Gasteiger partial charge < -0.3 is 5.32 Å². The predicted molar refractivity (Wildman–Crippen MR) is 69.7 cm³/mol. The fraction of sp³-hybridized carbons (Fsp3) is 0.357. The second kappa shape index (κ2) is 6.09. The molecule has 20 heavy (non-hydrogen) atoms. The van der Waals surface area contributed by atoms with E-state index in [0.717, 1.165) is 19.0 Å². The number of hydrogen-bond donors (Lipinski definition) is 1. The summed E-state index contributed by atoms with van der Waals surface area (Å²) in [6.07, 6.45) is 4.29. The molecule has 1 N–H and O–H groups in total. The molecule has 3 nitrogen and oxygen atoms in total. The number of aryl methyl sites for hydroxylation is 1. The van der Waals surface area contributed by atoms with Crippen molar-refractivity contribution in [1.29, 1.82) is 0 Å². The van der Waals surface area contributed by atoms with Crippen LogP contribution in [-0.2, 0) is 6.54 Å². The van der Waals surface area contributed by atoms with E-state index in [-0.39, 0.29) is 5.56 Å². The van der Waals surface area contributed by atoms with Crippen molar-refractivity contribution in [3.05, 3.63) is 53.1 Å². The van der Waals surface area contributed by atoms with E-state index < -0.39 is 23.5 Å². The molecule has 1 atom stereocenters. The summed E-state index contributed by atoms with van der Waals surface area (Å²) in [7, 11) is 1.63. The van der Waals surface area contributed by atoms with Gasteiger partial charge in [-0.05, 0) is 19.5 Å². The Hall–Kier alpha value is -1.82. The lowest BCUT2D eigenvalue weighted by Gasteiger charge is -2.16. The average Bonchev–Trinajstić information content (AvgIpc) is 2.88. The van der Waals surface area contributed by atoms with Crippen LogP contribution in [0.1, 0.15) is 30.5 Å². The van der Waals surface area contributed by atoms with Crippen molar-refractivity contribution in [3.63, 3.8) is 0 Å². The number of rotatable bonds is 5. The van der Waals surface area contributed by atoms with Gasteiger partial charge in [0.25, 0.3) is 0 Å². The normalized spacial score (nSPS) is 12.7. The van der Waals surface area contributed by atoms with Crippen LogP contribution >= 0.6 is 0 Å². The highest BCUT2D eigenvalue weighted by Gasteiger charge is 2.22. The molecule has 1 aromatic heterocycles. The first kappa shape index (κ1) is 14.6. The van der Waals surface area contributed by atoms with Crippen LogP contribution in [0.25, 0.3) is 0 Å². The van der Waals surface area contributed by atoms with Gasteiger partial charge in [-0.15, -0.1) is 0 Å². The van der Waals surface area contributed by atoms with Gasteiger partial charge in [0.2, 0.25) is 0 Å². The summed E-state index contributed by atoms with van der Waals surface area (Å²) in [5.74, 6) is -3.82. The molecule has 0 aliphatic heterocycles. The highest BCUT2D eigenvalue weighted by molar-refractivity contribution is 5.31. The van der Waals surface area contributed by atoms with Crippen molar-refractivity contribution in [2.75, 3.05) is 7.05 Å². The van der Waals surface area contributed by atoms with Crippen molar-refractivity contribution >= 4 is 0 Å². The maximum absolute atomic E-state index is 13.9. The topological polar surface area (TPSA) is 29.9 Å². The zero-order valence-corrected chi connectivity index (χ0v) is 11.3. The lowest BCUT2D eigenvalue weighted by atomic mass is 10.0. The Balaban J connectivity index is 2.39.